The third kappa shape index (κ3) is 2.73. The van der Waals surface area contributed by atoms with Gasteiger partial charge in [-0.3, -0.25) is 0 Å². The molecule has 0 aliphatic heterocycles. The summed E-state index contributed by atoms with van der Waals surface area (Å²) in [5, 5.41) is 3.20. The number of alkyl halides is 3. The lowest BCUT2D eigenvalue weighted by molar-refractivity contribution is -0.141. The quantitative estimate of drug-likeness (QED) is 0.884. The van der Waals surface area contributed by atoms with Gasteiger partial charge < -0.3 is 5.32 Å². The van der Waals surface area contributed by atoms with E-state index in [9.17, 15) is 13.2 Å². The van der Waals surface area contributed by atoms with E-state index in [1.54, 1.807) is 6.92 Å². The van der Waals surface area contributed by atoms with E-state index < -0.39 is 11.9 Å². The van der Waals surface area contributed by atoms with Gasteiger partial charge in [-0.05, 0) is 25.7 Å². The van der Waals surface area contributed by atoms with E-state index in [1.807, 2.05) is 0 Å². The van der Waals surface area contributed by atoms with Crippen LogP contribution in [-0.4, -0.2) is 16.0 Å². The van der Waals surface area contributed by atoms with Gasteiger partial charge in [-0.25, -0.2) is 9.97 Å². The van der Waals surface area contributed by atoms with Gasteiger partial charge >= 0.3 is 6.18 Å². The fourth-order valence-corrected chi connectivity index (χ4v) is 2.30. The first kappa shape index (κ1) is 13.1. The zero-order valence-electron chi connectivity index (χ0n) is 10.4. The predicted octanol–water partition coefficient (Wildman–Crippen LogP) is 3.40. The summed E-state index contributed by atoms with van der Waals surface area (Å²) in [6.45, 7) is 3.68. The van der Waals surface area contributed by atoms with Crippen LogP contribution in [-0.2, 0) is 6.18 Å². The first-order chi connectivity index (χ1) is 8.38. The van der Waals surface area contributed by atoms with Crippen molar-refractivity contribution in [2.24, 2.45) is 5.92 Å². The summed E-state index contributed by atoms with van der Waals surface area (Å²) in [4.78, 5) is 7.41. The molecule has 6 heteroatoms. The van der Waals surface area contributed by atoms with Crippen LogP contribution >= 0.6 is 0 Å². The van der Waals surface area contributed by atoms with Gasteiger partial charge in [0.2, 0.25) is 0 Å². The molecule has 1 saturated carbocycles. The number of nitrogens with one attached hydrogen (secondary N) is 1. The SMILES string of the molecule is Cc1nc(C(F)(F)F)cnc1NC1CCCC1C. The highest BCUT2D eigenvalue weighted by Gasteiger charge is 2.33. The molecule has 0 aromatic carbocycles. The van der Waals surface area contributed by atoms with Gasteiger partial charge in [-0.1, -0.05) is 13.3 Å². The third-order valence-electron chi connectivity index (χ3n) is 3.42. The van der Waals surface area contributed by atoms with Crippen molar-refractivity contribution in [2.75, 3.05) is 5.32 Å². The summed E-state index contributed by atoms with van der Waals surface area (Å²) >= 11 is 0. The Balaban J connectivity index is 2.15. The summed E-state index contributed by atoms with van der Waals surface area (Å²) in [7, 11) is 0. The topological polar surface area (TPSA) is 37.8 Å². The lowest BCUT2D eigenvalue weighted by atomic mass is 10.1. The smallest absolute Gasteiger partial charge is 0.366 e. The molecule has 0 amide bonds. The second-order valence-corrected chi connectivity index (χ2v) is 4.85. The molecular formula is C12H16F3N3. The lowest BCUT2D eigenvalue weighted by Crippen LogP contribution is -2.23. The fraction of sp³-hybridized carbons (Fsp3) is 0.667. The van der Waals surface area contributed by atoms with E-state index in [0.717, 1.165) is 25.5 Å². The summed E-state index contributed by atoms with van der Waals surface area (Å²) in [6.07, 6.45) is -0.327. The molecular weight excluding hydrogens is 243 g/mol. The first-order valence-corrected chi connectivity index (χ1v) is 6.05. The van der Waals surface area contributed by atoms with Gasteiger partial charge in [0.05, 0.1) is 11.9 Å². The molecule has 1 aromatic rings. The maximum atomic E-state index is 12.4. The number of halogens is 3. The normalized spacial score (nSPS) is 24.3. The van der Waals surface area contributed by atoms with Crippen molar-refractivity contribution in [2.45, 2.75) is 45.3 Å². The molecule has 2 unspecified atom stereocenters. The molecule has 100 valence electrons. The van der Waals surface area contributed by atoms with Crippen LogP contribution in [0.2, 0.25) is 0 Å². The molecule has 1 aliphatic rings. The van der Waals surface area contributed by atoms with Gasteiger partial charge in [0.1, 0.15) is 5.82 Å². The zero-order valence-corrected chi connectivity index (χ0v) is 10.4. The van der Waals surface area contributed by atoms with Gasteiger partial charge in [0, 0.05) is 6.04 Å². The number of hydrogen-bond donors (Lipinski definition) is 1. The highest BCUT2D eigenvalue weighted by Crippen LogP contribution is 2.30. The van der Waals surface area contributed by atoms with Crippen LogP contribution in [0.15, 0.2) is 6.20 Å². The highest BCUT2D eigenvalue weighted by atomic mass is 19.4. The largest absolute Gasteiger partial charge is 0.434 e. The van der Waals surface area contributed by atoms with Crippen molar-refractivity contribution >= 4 is 5.82 Å². The van der Waals surface area contributed by atoms with Crippen molar-refractivity contribution in [3.8, 4) is 0 Å². The molecule has 1 N–H and O–H groups in total. The standard InChI is InChI=1S/C12H16F3N3/c1-7-4-3-5-9(7)18-11-8(2)17-10(6-16-11)12(13,14)15/h6-7,9H,3-5H2,1-2H3,(H,16,18). The minimum atomic E-state index is -4.43. The Hall–Kier alpha value is -1.33. The van der Waals surface area contributed by atoms with E-state index in [0.29, 0.717) is 17.4 Å². The minimum absolute atomic E-state index is 0.287. The molecule has 0 saturated heterocycles. The summed E-state index contributed by atoms with van der Waals surface area (Å²) in [6, 6.07) is 0.287. The maximum absolute atomic E-state index is 12.4. The van der Waals surface area contributed by atoms with Crippen molar-refractivity contribution in [1.82, 2.24) is 9.97 Å². The van der Waals surface area contributed by atoms with Crippen LogP contribution in [0.5, 0.6) is 0 Å². The molecule has 1 heterocycles. The van der Waals surface area contributed by atoms with Crippen LogP contribution in [0, 0.1) is 12.8 Å². The number of rotatable bonds is 2. The van der Waals surface area contributed by atoms with Gasteiger partial charge in [0.15, 0.2) is 5.69 Å². The maximum Gasteiger partial charge on any atom is 0.434 e. The van der Waals surface area contributed by atoms with Gasteiger partial charge in [-0.2, -0.15) is 13.2 Å². The fourth-order valence-electron chi connectivity index (χ4n) is 2.30. The number of aromatic nitrogens is 2. The molecule has 1 aliphatic carbocycles. The van der Waals surface area contributed by atoms with E-state index in [2.05, 4.69) is 22.2 Å². The average molecular weight is 259 g/mol. The number of hydrogen-bond acceptors (Lipinski definition) is 3. The Morgan fingerprint density at radius 1 is 1.33 bits per heavy atom. The van der Waals surface area contributed by atoms with E-state index >= 15 is 0 Å². The second-order valence-electron chi connectivity index (χ2n) is 4.85. The Morgan fingerprint density at radius 2 is 2.06 bits per heavy atom. The van der Waals surface area contributed by atoms with Gasteiger partial charge in [-0.15, -0.1) is 0 Å². The summed E-state index contributed by atoms with van der Waals surface area (Å²) in [5.41, 5.74) is -0.644. The lowest BCUT2D eigenvalue weighted by Gasteiger charge is -2.19. The van der Waals surface area contributed by atoms with Crippen LogP contribution < -0.4 is 5.32 Å². The zero-order chi connectivity index (χ0) is 13.3. The highest BCUT2D eigenvalue weighted by molar-refractivity contribution is 5.41. The molecule has 2 rings (SSSR count). The summed E-state index contributed by atoms with van der Waals surface area (Å²) < 4.78 is 37.3. The van der Waals surface area contributed by atoms with Crippen LogP contribution in [0.3, 0.4) is 0 Å². The second kappa shape index (κ2) is 4.74. The van der Waals surface area contributed by atoms with E-state index in [4.69, 9.17) is 0 Å². The summed E-state index contributed by atoms with van der Waals surface area (Å²) in [5.74, 6) is 0.982. The third-order valence-corrected chi connectivity index (χ3v) is 3.42. The molecule has 1 fully saturated rings. The van der Waals surface area contributed by atoms with Crippen molar-refractivity contribution in [1.29, 1.82) is 0 Å². The molecule has 18 heavy (non-hydrogen) atoms. The average Bonchev–Trinajstić information content (AvgIpc) is 2.66. The Bertz CT molecular complexity index is 431. The Kier molecular flexibility index (Phi) is 3.45. The molecule has 0 radical (unpaired) electrons. The number of aryl methyl sites for hydroxylation is 1. The van der Waals surface area contributed by atoms with Gasteiger partial charge in [0.25, 0.3) is 0 Å². The molecule has 0 bridgehead atoms. The van der Waals surface area contributed by atoms with E-state index in [1.165, 1.54) is 0 Å². The van der Waals surface area contributed by atoms with Crippen LogP contribution in [0.25, 0.3) is 0 Å². The molecule has 0 spiro atoms. The molecule has 3 nitrogen and oxygen atoms in total. The van der Waals surface area contributed by atoms with Crippen LogP contribution in [0.4, 0.5) is 19.0 Å². The monoisotopic (exact) mass is 259 g/mol. The van der Waals surface area contributed by atoms with Crippen molar-refractivity contribution in [3.63, 3.8) is 0 Å². The molecule has 1 aromatic heterocycles. The Labute approximate surface area is 104 Å². The van der Waals surface area contributed by atoms with Crippen LogP contribution in [0.1, 0.15) is 37.6 Å². The van der Waals surface area contributed by atoms with E-state index in [-0.39, 0.29) is 6.04 Å². The van der Waals surface area contributed by atoms with Crippen molar-refractivity contribution in [3.05, 3.63) is 17.6 Å². The number of nitrogens with zero attached hydrogens (tertiary/aromatic N) is 2. The van der Waals surface area contributed by atoms with Crippen molar-refractivity contribution < 1.29 is 13.2 Å². The minimum Gasteiger partial charge on any atom is -0.366 e. The Morgan fingerprint density at radius 3 is 2.56 bits per heavy atom. The number of anilines is 1. The first-order valence-electron chi connectivity index (χ1n) is 6.05. The predicted molar refractivity (Wildman–Crippen MR) is 62.2 cm³/mol. The molecule has 2 atom stereocenters.